The summed E-state index contributed by atoms with van der Waals surface area (Å²) in [5, 5.41) is 0. The predicted molar refractivity (Wildman–Crippen MR) is 125 cm³/mol. The van der Waals surface area contributed by atoms with Crippen molar-refractivity contribution >= 4 is 0 Å². The van der Waals surface area contributed by atoms with Gasteiger partial charge in [-0.2, -0.15) is 0 Å². The number of imidazole rings is 1. The first-order valence-corrected chi connectivity index (χ1v) is 10.2. The highest BCUT2D eigenvalue weighted by molar-refractivity contribution is 5.81. The molecular formula is C26H26N2O4. The molecule has 0 aliphatic heterocycles. The van der Waals surface area contributed by atoms with E-state index in [1.807, 2.05) is 60.9 Å². The average Bonchev–Trinajstić information content (AvgIpc) is 3.27. The van der Waals surface area contributed by atoms with Gasteiger partial charge >= 0.3 is 0 Å². The van der Waals surface area contributed by atoms with Gasteiger partial charge in [0.2, 0.25) is 0 Å². The van der Waals surface area contributed by atoms with Crippen molar-refractivity contribution in [3.63, 3.8) is 0 Å². The lowest BCUT2D eigenvalue weighted by Crippen LogP contribution is -2.01. The van der Waals surface area contributed by atoms with E-state index in [0.717, 1.165) is 22.5 Å². The van der Waals surface area contributed by atoms with E-state index in [9.17, 15) is 0 Å². The van der Waals surface area contributed by atoms with Gasteiger partial charge < -0.3 is 23.5 Å². The summed E-state index contributed by atoms with van der Waals surface area (Å²) in [6, 6.07) is 21.9. The summed E-state index contributed by atoms with van der Waals surface area (Å²) in [5.74, 6) is 2.82. The second-order valence-corrected chi connectivity index (χ2v) is 7.26. The molecule has 164 valence electrons. The Morgan fingerprint density at radius 2 is 1.16 bits per heavy atom. The maximum Gasteiger partial charge on any atom is 0.123 e. The van der Waals surface area contributed by atoms with Crippen LogP contribution in [0.25, 0.3) is 22.5 Å². The molecule has 0 radical (unpaired) electrons. The maximum atomic E-state index is 5.52. The molecular weight excluding hydrogens is 404 g/mol. The summed E-state index contributed by atoms with van der Waals surface area (Å²) in [5.41, 5.74) is 4.77. The standard InChI is InChI=1S/C26H26N2O4/c1-29-21-10-19(11-22(14-21)30-2)25-26(20-12-23(31-3)15-24(13-20)32-4)28(17-27-25)16-18-8-6-5-7-9-18/h5-15,17H,16H2,1-4H3. The van der Waals surface area contributed by atoms with Crippen LogP contribution >= 0.6 is 0 Å². The smallest absolute Gasteiger partial charge is 0.123 e. The molecule has 0 unspecified atom stereocenters. The van der Waals surface area contributed by atoms with Crippen LogP contribution in [0.5, 0.6) is 23.0 Å². The van der Waals surface area contributed by atoms with E-state index in [2.05, 4.69) is 16.7 Å². The molecule has 4 rings (SSSR count). The topological polar surface area (TPSA) is 54.7 Å². The lowest BCUT2D eigenvalue weighted by molar-refractivity contribution is 0.394. The van der Waals surface area contributed by atoms with Crippen LogP contribution in [0.1, 0.15) is 5.56 Å². The number of aromatic nitrogens is 2. The Balaban J connectivity index is 1.92. The zero-order valence-electron chi connectivity index (χ0n) is 18.7. The first kappa shape index (κ1) is 21.3. The molecule has 0 N–H and O–H groups in total. The SMILES string of the molecule is COc1cc(OC)cc(-c2ncn(Cc3ccccc3)c2-c2cc(OC)cc(OC)c2)c1. The van der Waals surface area contributed by atoms with Gasteiger partial charge in [-0.15, -0.1) is 0 Å². The van der Waals surface area contributed by atoms with Crippen LogP contribution in [0, 0.1) is 0 Å². The number of methoxy groups -OCH3 is 4. The third kappa shape index (κ3) is 4.39. The first-order valence-electron chi connectivity index (χ1n) is 10.2. The molecule has 3 aromatic carbocycles. The summed E-state index contributed by atoms with van der Waals surface area (Å²) < 4.78 is 24.1. The highest BCUT2D eigenvalue weighted by Crippen LogP contribution is 2.38. The molecule has 4 aromatic rings. The van der Waals surface area contributed by atoms with Crippen molar-refractivity contribution in [2.24, 2.45) is 0 Å². The van der Waals surface area contributed by atoms with Crippen LogP contribution < -0.4 is 18.9 Å². The van der Waals surface area contributed by atoms with Crippen molar-refractivity contribution in [2.75, 3.05) is 28.4 Å². The third-order valence-electron chi connectivity index (χ3n) is 5.28. The van der Waals surface area contributed by atoms with E-state index < -0.39 is 0 Å². The molecule has 32 heavy (non-hydrogen) atoms. The first-order chi connectivity index (χ1) is 15.6. The molecule has 0 aliphatic rings. The average molecular weight is 431 g/mol. The van der Waals surface area contributed by atoms with Gasteiger partial charge in [0.25, 0.3) is 0 Å². The van der Waals surface area contributed by atoms with E-state index in [-0.39, 0.29) is 0 Å². The summed E-state index contributed by atoms with van der Waals surface area (Å²) in [4.78, 5) is 4.79. The molecule has 1 heterocycles. The second kappa shape index (κ2) is 9.47. The fraction of sp³-hybridized carbons (Fsp3) is 0.192. The number of nitrogens with zero attached hydrogens (tertiary/aromatic N) is 2. The van der Waals surface area contributed by atoms with Crippen LogP contribution in [0.3, 0.4) is 0 Å². The minimum atomic E-state index is 0.670. The van der Waals surface area contributed by atoms with Gasteiger partial charge in [0.05, 0.1) is 46.2 Å². The van der Waals surface area contributed by atoms with Gasteiger partial charge in [-0.3, -0.25) is 0 Å². The lowest BCUT2D eigenvalue weighted by atomic mass is 10.0. The van der Waals surface area contributed by atoms with Crippen molar-refractivity contribution in [3.05, 3.63) is 78.6 Å². The summed E-state index contributed by atoms with van der Waals surface area (Å²) >= 11 is 0. The van der Waals surface area contributed by atoms with Gasteiger partial charge in [0.1, 0.15) is 23.0 Å². The van der Waals surface area contributed by atoms with Gasteiger partial charge in [-0.25, -0.2) is 4.98 Å². The number of hydrogen-bond acceptors (Lipinski definition) is 5. The lowest BCUT2D eigenvalue weighted by Gasteiger charge is -2.14. The zero-order chi connectivity index (χ0) is 22.5. The van der Waals surface area contributed by atoms with Crippen LogP contribution in [0.4, 0.5) is 0 Å². The van der Waals surface area contributed by atoms with Crippen LogP contribution in [0.15, 0.2) is 73.1 Å². The van der Waals surface area contributed by atoms with E-state index in [1.54, 1.807) is 28.4 Å². The summed E-state index contributed by atoms with van der Waals surface area (Å²) in [6.45, 7) is 0.670. The van der Waals surface area contributed by atoms with E-state index in [1.165, 1.54) is 5.56 Å². The molecule has 0 aliphatic carbocycles. The molecule has 6 heteroatoms. The third-order valence-corrected chi connectivity index (χ3v) is 5.28. The van der Waals surface area contributed by atoms with Crippen molar-refractivity contribution in [2.45, 2.75) is 6.54 Å². The van der Waals surface area contributed by atoms with Crippen molar-refractivity contribution in [1.29, 1.82) is 0 Å². The molecule has 0 bridgehead atoms. The summed E-state index contributed by atoms with van der Waals surface area (Å²) in [7, 11) is 6.57. The molecule has 0 saturated carbocycles. The number of hydrogen-bond donors (Lipinski definition) is 0. The molecule has 0 fully saturated rings. The number of rotatable bonds is 8. The Morgan fingerprint density at radius 3 is 1.66 bits per heavy atom. The molecule has 6 nitrogen and oxygen atoms in total. The van der Waals surface area contributed by atoms with E-state index in [0.29, 0.717) is 29.5 Å². The number of ether oxygens (including phenoxy) is 4. The maximum absolute atomic E-state index is 5.52. The fourth-order valence-corrected chi connectivity index (χ4v) is 3.68. The Kier molecular flexibility index (Phi) is 6.31. The molecule has 1 aromatic heterocycles. The van der Waals surface area contributed by atoms with Crippen molar-refractivity contribution in [1.82, 2.24) is 9.55 Å². The highest BCUT2D eigenvalue weighted by atomic mass is 16.5. The normalized spacial score (nSPS) is 10.6. The van der Waals surface area contributed by atoms with Crippen LogP contribution in [-0.4, -0.2) is 38.0 Å². The minimum Gasteiger partial charge on any atom is -0.497 e. The summed E-state index contributed by atoms with van der Waals surface area (Å²) in [6.07, 6.45) is 1.86. The minimum absolute atomic E-state index is 0.670. The monoisotopic (exact) mass is 430 g/mol. The fourth-order valence-electron chi connectivity index (χ4n) is 3.68. The molecule has 0 amide bonds. The second-order valence-electron chi connectivity index (χ2n) is 7.26. The highest BCUT2D eigenvalue weighted by Gasteiger charge is 2.19. The molecule has 0 atom stereocenters. The largest absolute Gasteiger partial charge is 0.497 e. The Bertz CT molecular complexity index is 1160. The van der Waals surface area contributed by atoms with Gasteiger partial charge in [-0.05, 0) is 29.8 Å². The van der Waals surface area contributed by atoms with E-state index in [4.69, 9.17) is 23.9 Å². The van der Waals surface area contributed by atoms with Crippen LogP contribution in [0.2, 0.25) is 0 Å². The molecule has 0 saturated heterocycles. The Labute approximate surface area is 188 Å². The van der Waals surface area contributed by atoms with Gasteiger partial charge in [0.15, 0.2) is 0 Å². The van der Waals surface area contributed by atoms with Crippen molar-refractivity contribution in [3.8, 4) is 45.5 Å². The molecule has 0 spiro atoms. The Morgan fingerprint density at radius 1 is 0.656 bits per heavy atom. The Hall–Kier alpha value is -3.93. The van der Waals surface area contributed by atoms with E-state index >= 15 is 0 Å². The van der Waals surface area contributed by atoms with Crippen LogP contribution in [-0.2, 0) is 6.54 Å². The quantitative estimate of drug-likeness (QED) is 0.380. The van der Waals surface area contributed by atoms with Gasteiger partial charge in [-0.1, -0.05) is 30.3 Å². The van der Waals surface area contributed by atoms with Crippen molar-refractivity contribution < 1.29 is 18.9 Å². The zero-order valence-corrected chi connectivity index (χ0v) is 18.7. The van der Waals surface area contributed by atoms with Gasteiger partial charge in [0, 0.05) is 29.8 Å². The number of benzene rings is 3. The predicted octanol–water partition coefficient (Wildman–Crippen LogP) is 5.30.